The van der Waals surface area contributed by atoms with Gasteiger partial charge in [-0.1, -0.05) is 61.0 Å². The quantitative estimate of drug-likeness (QED) is 0.631. The van der Waals surface area contributed by atoms with Gasteiger partial charge in [0.25, 0.3) is 5.91 Å². The van der Waals surface area contributed by atoms with Crippen molar-refractivity contribution in [1.29, 1.82) is 0 Å². The maximum absolute atomic E-state index is 11.9. The predicted molar refractivity (Wildman–Crippen MR) is 91.4 cm³/mol. The average Bonchev–Trinajstić information content (AvgIpc) is 2.55. The first-order chi connectivity index (χ1) is 10.7. The van der Waals surface area contributed by atoms with Crippen LogP contribution in [0, 0.1) is 0 Å². The number of amides is 1. The number of anilines is 1. The Morgan fingerprint density at radius 3 is 2.45 bits per heavy atom. The number of nitrogens with zero attached hydrogens (tertiary/aromatic N) is 1. The van der Waals surface area contributed by atoms with Gasteiger partial charge in [-0.15, -0.1) is 0 Å². The number of benzene rings is 2. The van der Waals surface area contributed by atoms with E-state index in [4.69, 9.17) is 11.6 Å². The Kier molecular flexibility index (Phi) is 5.98. The molecule has 0 spiro atoms. The van der Waals surface area contributed by atoms with Crippen LogP contribution in [0.25, 0.3) is 0 Å². The SMILES string of the molecule is CC/C(=N\NC(=O)CNc1ccccc1Cl)c1ccccc1. The number of carbonyl (C=O) groups is 1. The molecule has 0 bridgehead atoms. The van der Waals surface area contributed by atoms with E-state index in [0.29, 0.717) is 5.02 Å². The number of hydrazone groups is 1. The lowest BCUT2D eigenvalue weighted by atomic mass is 10.1. The highest BCUT2D eigenvalue weighted by molar-refractivity contribution is 6.33. The van der Waals surface area contributed by atoms with Crippen LogP contribution in [0.15, 0.2) is 59.7 Å². The minimum atomic E-state index is -0.221. The molecule has 0 unspecified atom stereocenters. The second kappa shape index (κ2) is 8.20. The fraction of sp³-hybridized carbons (Fsp3) is 0.176. The Balaban J connectivity index is 1.91. The molecule has 0 aliphatic rings. The van der Waals surface area contributed by atoms with Crippen LogP contribution < -0.4 is 10.7 Å². The molecule has 114 valence electrons. The second-order valence-electron chi connectivity index (χ2n) is 4.65. The third kappa shape index (κ3) is 4.60. The van der Waals surface area contributed by atoms with Crippen molar-refractivity contribution in [2.24, 2.45) is 5.10 Å². The van der Waals surface area contributed by atoms with E-state index < -0.39 is 0 Å². The number of rotatable bonds is 6. The third-order valence-corrected chi connectivity index (χ3v) is 3.40. The molecule has 0 atom stereocenters. The van der Waals surface area contributed by atoms with Crippen molar-refractivity contribution in [3.05, 3.63) is 65.2 Å². The summed E-state index contributed by atoms with van der Waals surface area (Å²) in [5.41, 5.74) is 5.13. The molecule has 2 aromatic rings. The molecular formula is C17H18ClN3O. The maximum atomic E-state index is 11.9. The van der Waals surface area contributed by atoms with E-state index in [1.165, 1.54) is 0 Å². The summed E-state index contributed by atoms with van der Waals surface area (Å²) >= 11 is 6.02. The Labute approximate surface area is 135 Å². The van der Waals surface area contributed by atoms with Gasteiger partial charge in [0.15, 0.2) is 0 Å². The second-order valence-corrected chi connectivity index (χ2v) is 5.05. The molecular weight excluding hydrogens is 298 g/mol. The minimum absolute atomic E-state index is 0.110. The molecule has 2 rings (SSSR count). The van der Waals surface area contributed by atoms with Crippen molar-refractivity contribution < 1.29 is 4.79 Å². The zero-order valence-corrected chi connectivity index (χ0v) is 13.1. The number of hydrogen-bond acceptors (Lipinski definition) is 3. The summed E-state index contributed by atoms with van der Waals surface area (Å²) in [6, 6.07) is 17.1. The molecule has 0 aliphatic heterocycles. The van der Waals surface area contributed by atoms with Gasteiger partial charge >= 0.3 is 0 Å². The van der Waals surface area contributed by atoms with Crippen molar-refractivity contribution in [1.82, 2.24) is 5.43 Å². The standard InChI is InChI=1S/C17H18ClN3O/c1-2-15(13-8-4-3-5-9-13)20-21-17(22)12-19-16-11-7-6-10-14(16)18/h3-11,19H,2,12H2,1H3,(H,21,22)/b20-15+. The molecule has 22 heavy (non-hydrogen) atoms. The summed E-state index contributed by atoms with van der Waals surface area (Å²) in [7, 11) is 0. The normalized spacial score (nSPS) is 11.1. The van der Waals surface area contributed by atoms with E-state index >= 15 is 0 Å². The van der Waals surface area contributed by atoms with Crippen LogP contribution in [0.2, 0.25) is 5.02 Å². The van der Waals surface area contributed by atoms with Gasteiger partial charge in [0.2, 0.25) is 0 Å². The van der Waals surface area contributed by atoms with Gasteiger partial charge in [0, 0.05) is 0 Å². The van der Waals surface area contributed by atoms with E-state index in [0.717, 1.165) is 23.4 Å². The lowest BCUT2D eigenvalue weighted by molar-refractivity contribution is -0.119. The summed E-state index contributed by atoms with van der Waals surface area (Å²) in [4.78, 5) is 11.9. The van der Waals surface area contributed by atoms with Gasteiger partial charge in [-0.2, -0.15) is 5.10 Å². The van der Waals surface area contributed by atoms with Crippen LogP contribution in [0.5, 0.6) is 0 Å². The van der Waals surface area contributed by atoms with Gasteiger partial charge < -0.3 is 5.32 Å². The summed E-state index contributed by atoms with van der Waals surface area (Å²) in [5, 5.41) is 7.75. The van der Waals surface area contributed by atoms with Crippen LogP contribution in [0.4, 0.5) is 5.69 Å². The fourth-order valence-electron chi connectivity index (χ4n) is 1.93. The van der Waals surface area contributed by atoms with Crippen molar-refractivity contribution >= 4 is 28.9 Å². The van der Waals surface area contributed by atoms with Gasteiger partial charge in [-0.05, 0) is 24.1 Å². The summed E-state index contributed by atoms with van der Waals surface area (Å²) in [5.74, 6) is -0.221. The van der Waals surface area contributed by atoms with Crippen LogP contribution >= 0.6 is 11.6 Å². The zero-order chi connectivity index (χ0) is 15.8. The highest BCUT2D eigenvalue weighted by Gasteiger charge is 2.04. The minimum Gasteiger partial charge on any atom is -0.375 e. The number of carbonyl (C=O) groups excluding carboxylic acids is 1. The molecule has 2 N–H and O–H groups in total. The number of nitrogens with one attached hydrogen (secondary N) is 2. The molecule has 0 heterocycles. The predicted octanol–water partition coefficient (Wildman–Crippen LogP) is 3.68. The van der Waals surface area contributed by atoms with Crippen LogP contribution in [0.1, 0.15) is 18.9 Å². The van der Waals surface area contributed by atoms with Crippen LogP contribution in [0.3, 0.4) is 0 Å². The lowest BCUT2D eigenvalue weighted by Gasteiger charge is -2.08. The monoisotopic (exact) mass is 315 g/mol. The smallest absolute Gasteiger partial charge is 0.259 e. The lowest BCUT2D eigenvalue weighted by Crippen LogP contribution is -2.27. The maximum Gasteiger partial charge on any atom is 0.259 e. The molecule has 0 saturated carbocycles. The highest BCUT2D eigenvalue weighted by atomic mass is 35.5. The molecule has 1 amide bonds. The topological polar surface area (TPSA) is 53.5 Å². The van der Waals surface area contributed by atoms with Crippen LogP contribution in [-0.4, -0.2) is 18.2 Å². The molecule has 0 aromatic heterocycles. The third-order valence-electron chi connectivity index (χ3n) is 3.07. The van der Waals surface area contributed by atoms with Crippen molar-refractivity contribution in [3.8, 4) is 0 Å². The van der Waals surface area contributed by atoms with Crippen molar-refractivity contribution in [2.45, 2.75) is 13.3 Å². The van der Waals surface area contributed by atoms with Crippen molar-refractivity contribution in [3.63, 3.8) is 0 Å². The fourth-order valence-corrected chi connectivity index (χ4v) is 2.13. The van der Waals surface area contributed by atoms with Crippen molar-refractivity contribution in [2.75, 3.05) is 11.9 Å². The van der Waals surface area contributed by atoms with Gasteiger partial charge in [-0.25, -0.2) is 5.43 Å². The Morgan fingerprint density at radius 2 is 1.77 bits per heavy atom. The summed E-state index contributed by atoms with van der Waals surface area (Å²) < 4.78 is 0. The van der Waals surface area contributed by atoms with Gasteiger partial charge in [0.1, 0.15) is 0 Å². The molecule has 5 heteroatoms. The van der Waals surface area contributed by atoms with E-state index in [1.54, 1.807) is 6.07 Å². The molecule has 0 saturated heterocycles. The summed E-state index contributed by atoms with van der Waals surface area (Å²) in [6.45, 7) is 2.11. The first kappa shape index (κ1) is 16.0. The van der Waals surface area contributed by atoms with E-state index in [1.807, 2.05) is 55.5 Å². The first-order valence-corrected chi connectivity index (χ1v) is 7.47. The average molecular weight is 316 g/mol. The highest BCUT2D eigenvalue weighted by Crippen LogP contribution is 2.19. The zero-order valence-electron chi connectivity index (χ0n) is 12.3. The number of para-hydroxylation sites is 1. The molecule has 0 fully saturated rings. The van der Waals surface area contributed by atoms with Gasteiger partial charge in [-0.3, -0.25) is 4.79 Å². The first-order valence-electron chi connectivity index (χ1n) is 7.10. The number of halogens is 1. The molecule has 0 aliphatic carbocycles. The van der Waals surface area contributed by atoms with E-state index in [9.17, 15) is 4.79 Å². The largest absolute Gasteiger partial charge is 0.375 e. The Morgan fingerprint density at radius 1 is 1.09 bits per heavy atom. The molecule has 0 radical (unpaired) electrons. The summed E-state index contributed by atoms with van der Waals surface area (Å²) in [6.07, 6.45) is 0.738. The van der Waals surface area contributed by atoms with E-state index in [2.05, 4.69) is 15.8 Å². The Hall–Kier alpha value is -2.33. The van der Waals surface area contributed by atoms with E-state index in [-0.39, 0.29) is 12.5 Å². The van der Waals surface area contributed by atoms with Crippen LogP contribution in [-0.2, 0) is 4.79 Å². The number of hydrogen-bond donors (Lipinski definition) is 2. The Bertz CT molecular complexity index is 656. The van der Waals surface area contributed by atoms with Gasteiger partial charge in [0.05, 0.1) is 23.0 Å². The molecule has 4 nitrogen and oxygen atoms in total. The molecule has 2 aromatic carbocycles.